The predicted molar refractivity (Wildman–Crippen MR) is 90.0 cm³/mol. The number of hydrogen-bond donors (Lipinski definition) is 3. The van der Waals surface area contributed by atoms with Gasteiger partial charge in [-0.05, 0) is 37.2 Å². The second kappa shape index (κ2) is 7.73. The van der Waals surface area contributed by atoms with Crippen LogP contribution in [-0.2, 0) is 19.6 Å². The van der Waals surface area contributed by atoms with Gasteiger partial charge < -0.3 is 16.0 Å². The van der Waals surface area contributed by atoms with Crippen molar-refractivity contribution in [3.63, 3.8) is 0 Å². The van der Waals surface area contributed by atoms with E-state index in [1.807, 2.05) is 0 Å². The Labute approximate surface area is 141 Å². The summed E-state index contributed by atoms with van der Waals surface area (Å²) in [5.74, 6) is -0.564. The first-order valence-electron chi connectivity index (χ1n) is 7.63. The van der Waals surface area contributed by atoms with Crippen LogP contribution in [0.2, 0.25) is 0 Å². The molecule has 3 N–H and O–H groups in total. The van der Waals surface area contributed by atoms with Crippen LogP contribution in [0.1, 0.15) is 13.3 Å². The van der Waals surface area contributed by atoms with Gasteiger partial charge in [-0.25, -0.2) is 8.42 Å². The number of sulfonamides is 1. The molecule has 0 radical (unpaired) electrons. The van der Waals surface area contributed by atoms with E-state index in [4.69, 9.17) is 0 Å². The van der Waals surface area contributed by atoms with Crippen LogP contribution in [0.15, 0.2) is 29.2 Å². The standard InChI is InChI=1S/C15H22N4O4S/c1-11(20)17-12-3-5-14(6-4-12)24(22,23)19(2)10-15(21)18-13-7-8-16-9-13/h3-6,13,16H,7-10H2,1-2H3,(H,17,20)(H,18,21). The van der Waals surface area contributed by atoms with Gasteiger partial charge in [0.15, 0.2) is 0 Å². The molecule has 24 heavy (non-hydrogen) atoms. The van der Waals surface area contributed by atoms with Gasteiger partial charge in [-0.3, -0.25) is 9.59 Å². The molecule has 1 aromatic carbocycles. The van der Waals surface area contributed by atoms with E-state index in [9.17, 15) is 18.0 Å². The molecular weight excluding hydrogens is 332 g/mol. The van der Waals surface area contributed by atoms with Crippen molar-refractivity contribution in [1.29, 1.82) is 0 Å². The minimum Gasteiger partial charge on any atom is -0.351 e. The number of anilines is 1. The maximum atomic E-state index is 12.5. The van der Waals surface area contributed by atoms with Crippen molar-refractivity contribution in [2.75, 3.05) is 32.0 Å². The molecule has 132 valence electrons. The third kappa shape index (κ3) is 4.76. The topological polar surface area (TPSA) is 108 Å². The summed E-state index contributed by atoms with van der Waals surface area (Å²) in [7, 11) is -2.40. The highest BCUT2D eigenvalue weighted by Gasteiger charge is 2.24. The number of nitrogens with zero attached hydrogens (tertiary/aromatic N) is 1. The molecule has 2 rings (SSSR count). The molecule has 9 heteroatoms. The summed E-state index contributed by atoms with van der Waals surface area (Å²) in [5.41, 5.74) is 0.510. The summed E-state index contributed by atoms with van der Waals surface area (Å²) in [6, 6.07) is 5.86. The summed E-state index contributed by atoms with van der Waals surface area (Å²) in [4.78, 5) is 23.0. The Balaban J connectivity index is 1.99. The lowest BCUT2D eigenvalue weighted by atomic mass is 10.2. The van der Waals surface area contributed by atoms with Crippen LogP contribution in [0, 0.1) is 0 Å². The first kappa shape index (κ1) is 18.4. The van der Waals surface area contributed by atoms with Gasteiger partial charge in [0.2, 0.25) is 21.8 Å². The Bertz CT molecular complexity index is 697. The molecule has 0 spiro atoms. The molecule has 1 aliphatic heterocycles. The summed E-state index contributed by atoms with van der Waals surface area (Å²) in [6.45, 7) is 2.68. The molecule has 0 bridgehead atoms. The molecule has 1 saturated heterocycles. The van der Waals surface area contributed by atoms with Crippen LogP contribution < -0.4 is 16.0 Å². The van der Waals surface area contributed by atoms with E-state index in [0.717, 1.165) is 17.3 Å². The van der Waals surface area contributed by atoms with Gasteiger partial charge in [-0.1, -0.05) is 0 Å². The lowest BCUT2D eigenvalue weighted by Gasteiger charge is -2.18. The van der Waals surface area contributed by atoms with Gasteiger partial charge in [0, 0.05) is 32.2 Å². The fourth-order valence-electron chi connectivity index (χ4n) is 2.43. The molecule has 0 aliphatic carbocycles. The van der Waals surface area contributed by atoms with Crippen LogP contribution in [0.3, 0.4) is 0 Å². The van der Waals surface area contributed by atoms with Crippen molar-refractivity contribution in [2.24, 2.45) is 0 Å². The second-order valence-electron chi connectivity index (χ2n) is 5.72. The van der Waals surface area contributed by atoms with E-state index < -0.39 is 10.0 Å². The second-order valence-corrected chi connectivity index (χ2v) is 7.77. The monoisotopic (exact) mass is 354 g/mol. The Morgan fingerprint density at radius 3 is 2.50 bits per heavy atom. The van der Waals surface area contributed by atoms with Gasteiger partial charge in [0.1, 0.15) is 0 Å². The zero-order chi connectivity index (χ0) is 17.7. The quantitative estimate of drug-likeness (QED) is 0.653. The highest BCUT2D eigenvalue weighted by molar-refractivity contribution is 7.89. The van der Waals surface area contributed by atoms with Gasteiger partial charge in [-0.15, -0.1) is 0 Å². The molecule has 1 aromatic rings. The van der Waals surface area contributed by atoms with E-state index in [1.54, 1.807) is 0 Å². The molecule has 1 unspecified atom stereocenters. The zero-order valence-corrected chi connectivity index (χ0v) is 14.5. The van der Waals surface area contributed by atoms with E-state index >= 15 is 0 Å². The van der Waals surface area contributed by atoms with Crippen molar-refractivity contribution in [1.82, 2.24) is 14.9 Å². The fraction of sp³-hybridized carbons (Fsp3) is 0.467. The van der Waals surface area contributed by atoms with Crippen LogP contribution in [0.4, 0.5) is 5.69 Å². The molecule has 0 aromatic heterocycles. The molecule has 1 aliphatic rings. The average Bonchev–Trinajstić information content (AvgIpc) is 2.99. The minimum atomic E-state index is -3.77. The summed E-state index contributed by atoms with van der Waals surface area (Å²) in [6.07, 6.45) is 0.840. The number of carbonyl (C=O) groups is 2. The van der Waals surface area contributed by atoms with Crippen molar-refractivity contribution in [2.45, 2.75) is 24.3 Å². The predicted octanol–water partition coefficient (Wildman–Crippen LogP) is -0.256. The van der Waals surface area contributed by atoms with Crippen molar-refractivity contribution in [3.8, 4) is 0 Å². The molecule has 1 atom stereocenters. The number of rotatable bonds is 6. The van der Waals surface area contributed by atoms with Gasteiger partial charge in [0.25, 0.3) is 0 Å². The number of nitrogens with one attached hydrogen (secondary N) is 3. The first-order chi connectivity index (χ1) is 11.3. The lowest BCUT2D eigenvalue weighted by Crippen LogP contribution is -2.43. The van der Waals surface area contributed by atoms with E-state index in [2.05, 4.69) is 16.0 Å². The average molecular weight is 354 g/mol. The molecule has 1 fully saturated rings. The molecule has 1 heterocycles. The maximum Gasteiger partial charge on any atom is 0.243 e. The van der Waals surface area contributed by atoms with Crippen LogP contribution >= 0.6 is 0 Å². The van der Waals surface area contributed by atoms with Gasteiger partial charge in [0.05, 0.1) is 11.4 Å². The smallest absolute Gasteiger partial charge is 0.243 e. The Morgan fingerprint density at radius 2 is 1.96 bits per heavy atom. The Kier molecular flexibility index (Phi) is 5.92. The molecular formula is C15H22N4O4S. The van der Waals surface area contributed by atoms with Gasteiger partial charge >= 0.3 is 0 Å². The first-order valence-corrected chi connectivity index (χ1v) is 9.07. The molecule has 8 nitrogen and oxygen atoms in total. The highest BCUT2D eigenvalue weighted by atomic mass is 32.2. The van der Waals surface area contributed by atoms with Crippen molar-refractivity contribution in [3.05, 3.63) is 24.3 Å². The number of benzene rings is 1. The number of amides is 2. The number of carbonyl (C=O) groups excluding carboxylic acids is 2. The molecule has 0 saturated carbocycles. The van der Waals surface area contributed by atoms with E-state index in [0.29, 0.717) is 12.2 Å². The fourth-order valence-corrected chi connectivity index (χ4v) is 3.56. The van der Waals surface area contributed by atoms with E-state index in [1.165, 1.54) is 38.2 Å². The van der Waals surface area contributed by atoms with Crippen molar-refractivity contribution >= 4 is 27.5 Å². The summed E-state index contributed by atoms with van der Waals surface area (Å²) < 4.78 is 26.0. The zero-order valence-electron chi connectivity index (χ0n) is 13.7. The van der Waals surface area contributed by atoms with Crippen LogP contribution in [-0.4, -0.2) is 57.3 Å². The van der Waals surface area contributed by atoms with Gasteiger partial charge in [-0.2, -0.15) is 4.31 Å². The summed E-state index contributed by atoms with van der Waals surface area (Å²) in [5, 5.41) is 8.51. The number of likely N-dealkylation sites (N-methyl/N-ethyl adjacent to an activating group) is 1. The number of hydrogen-bond acceptors (Lipinski definition) is 5. The van der Waals surface area contributed by atoms with Crippen LogP contribution in [0.5, 0.6) is 0 Å². The molecule has 2 amide bonds. The largest absolute Gasteiger partial charge is 0.351 e. The maximum absolute atomic E-state index is 12.5. The Hall–Kier alpha value is -1.97. The highest BCUT2D eigenvalue weighted by Crippen LogP contribution is 2.17. The normalized spacial score (nSPS) is 17.7. The minimum absolute atomic E-state index is 0.0468. The van der Waals surface area contributed by atoms with E-state index in [-0.39, 0.29) is 29.3 Å². The Morgan fingerprint density at radius 1 is 1.29 bits per heavy atom. The third-order valence-corrected chi connectivity index (χ3v) is 5.49. The lowest BCUT2D eigenvalue weighted by molar-refractivity contribution is -0.121. The summed E-state index contributed by atoms with van der Waals surface area (Å²) >= 11 is 0. The van der Waals surface area contributed by atoms with Crippen LogP contribution in [0.25, 0.3) is 0 Å². The van der Waals surface area contributed by atoms with Crippen molar-refractivity contribution < 1.29 is 18.0 Å². The third-order valence-electron chi connectivity index (χ3n) is 3.67. The SMILES string of the molecule is CC(=O)Nc1ccc(S(=O)(=O)N(C)CC(=O)NC2CCNC2)cc1.